The van der Waals surface area contributed by atoms with Crippen LogP contribution in [0.5, 0.6) is 17.2 Å². The summed E-state index contributed by atoms with van der Waals surface area (Å²) in [6.45, 7) is 0.636. The SMILES string of the molecule is COc1ccc2nc(COc3ccc(CCC(=O)O)c(OCc4ccc(Br)cc4)c3)n(C)c2c1. The van der Waals surface area contributed by atoms with Gasteiger partial charge in [0.05, 0.1) is 18.1 Å². The zero-order valence-corrected chi connectivity index (χ0v) is 20.5. The van der Waals surface area contributed by atoms with E-state index in [1.54, 1.807) is 7.11 Å². The van der Waals surface area contributed by atoms with Crippen LogP contribution < -0.4 is 14.2 Å². The Morgan fingerprint density at radius 3 is 2.50 bits per heavy atom. The molecule has 0 atom stereocenters. The minimum absolute atomic E-state index is 0.0260. The summed E-state index contributed by atoms with van der Waals surface area (Å²) in [4.78, 5) is 15.7. The Morgan fingerprint density at radius 1 is 1.00 bits per heavy atom. The molecule has 1 heterocycles. The lowest BCUT2D eigenvalue weighted by Crippen LogP contribution is -2.05. The lowest BCUT2D eigenvalue weighted by atomic mass is 10.1. The molecular formula is C26H25BrN2O5. The lowest BCUT2D eigenvalue weighted by molar-refractivity contribution is -0.136. The molecule has 0 saturated carbocycles. The first-order valence-corrected chi connectivity index (χ1v) is 11.6. The second-order valence-corrected chi connectivity index (χ2v) is 8.72. The Balaban J connectivity index is 1.51. The van der Waals surface area contributed by atoms with Crippen LogP contribution in [0, 0.1) is 0 Å². The van der Waals surface area contributed by atoms with E-state index in [1.165, 1.54) is 0 Å². The summed E-state index contributed by atoms with van der Waals surface area (Å²) in [5.74, 6) is 1.92. The monoisotopic (exact) mass is 524 g/mol. The molecule has 8 heteroatoms. The molecule has 176 valence electrons. The third-order valence-electron chi connectivity index (χ3n) is 5.50. The van der Waals surface area contributed by atoms with E-state index in [4.69, 9.17) is 19.3 Å². The molecule has 0 saturated heterocycles. The van der Waals surface area contributed by atoms with Gasteiger partial charge in [0.1, 0.15) is 36.3 Å². The lowest BCUT2D eigenvalue weighted by Gasteiger charge is -2.14. The van der Waals surface area contributed by atoms with E-state index in [9.17, 15) is 4.79 Å². The van der Waals surface area contributed by atoms with Crippen LogP contribution in [0.4, 0.5) is 0 Å². The number of hydrogen-bond donors (Lipinski definition) is 1. The number of nitrogens with zero attached hydrogens (tertiary/aromatic N) is 2. The zero-order valence-electron chi connectivity index (χ0n) is 19.0. The molecule has 4 rings (SSSR count). The van der Waals surface area contributed by atoms with E-state index < -0.39 is 5.97 Å². The van der Waals surface area contributed by atoms with Crippen molar-refractivity contribution in [1.29, 1.82) is 0 Å². The summed E-state index contributed by atoms with van der Waals surface area (Å²) in [7, 11) is 3.58. The van der Waals surface area contributed by atoms with E-state index in [1.807, 2.05) is 72.3 Å². The Kier molecular flexibility index (Phi) is 7.37. The summed E-state index contributed by atoms with van der Waals surface area (Å²) < 4.78 is 20.4. The van der Waals surface area contributed by atoms with Gasteiger partial charge < -0.3 is 23.9 Å². The average molecular weight is 525 g/mol. The predicted molar refractivity (Wildman–Crippen MR) is 132 cm³/mol. The third kappa shape index (κ3) is 5.69. The van der Waals surface area contributed by atoms with E-state index >= 15 is 0 Å². The van der Waals surface area contributed by atoms with Crippen molar-refractivity contribution in [3.63, 3.8) is 0 Å². The van der Waals surface area contributed by atoms with Crippen LogP contribution in [-0.2, 0) is 31.5 Å². The first kappa shape index (κ1) is 23.6. The van der Waals surface area contributed by atoms with Gasteiger partial charge in [-0.15, -0.1) is 0 Å². The molecule has 0 aliphatic carbocycles. The first-order chi connectivity index (χ1) is 16.4. The number of hydrogen-bond acceptors (Lipinski definition) is 5. The fourth-order valence-corrected chi connectivity index (χ4v) is 3.84. The molecule has 0 amide bonds. The average Bonchev–Trinajstić information content (AvgIpc) is 3.16. The summed E-state index contributed by atoms with van der Waals surface area (Å²) in [6.07, 6.45) is 0.399. The van der Waals surface area contributed by atoms with Crippen LogP contribution in [0.2, 0.25) is 0 Å². The van der Waals surface area contributed by atoms with Crippen LogP contribution in [0.3, 0.4) is 0 Å². The van der Waals surface area contributed by atoms with Gasteiger partial charge in [0, 0.05) is 30.1 Å². The molecule has 0 radical (unpaired) electrons. The van der Waals surface area contributed by atoms with Crippen molar-refractivity contribution in [1.82, 2.24) is 9.55 Å². The van der Waals surface area contributed by atoms with Gasteiger partial charge in [0.15, 0.2) is 0 Å². The molecule has 1 aromatic heterocycles. The first-order valence-electron chi connectivity index (χ1n) is 10.8. The number of benzene rings is 3. The van der Waals surface area contributed by atoms with E-state index in [2.05, 4.69) is 20.9 Å². The topological polar surface area (TPSA) is 82.8 Å². The normalized spacial score (nSPS) is 10.9. The van der Waals surface area contributed by atoms with Crippen LogP contribution in [-0.4, -0.2) is 27.7 Å². The van der Waals surface area contributed by atoms with Gasteiger partial charge in [-0.05, 0) is 47.9 Å². The Morgan fingerprint density at radius 2 is 1.76 bits per heavy atom. The predicted octanol–water partition coefficient (Wildman–Crippen LogP) is 5.52. The second-order valence-electron chi connectivity index (χ2n) is 7.81. The number of aryl methyl sites for hydroxylation is 2. The van der Waals surface area contributed by atoms with E-state index in [0.29, 0.717) is 24.5 Å². The van der Waals surface area contributed by atoms with Gasteiger partial charge in [-0.2, -0.15) is 0 Å². The molecule has 1 N–H and O–H groups in total. The molecule has 0 spiro atoms. The highest BCUT2D eigenvalue weighted by Crippen LogP contribution is 2.28. The van der Waals surface area contributed by atoms with Crippen molar-refractivity contribution in [3.05, 3.63) is 82.1 Å². The molecule has 0 aliphatic heterocycles. The van der Waals surface area contributed by atoms with Crippen LogP contribution in [0.25, 0.3) is 11.0 Å². The van der Waals surface area contributed by atoms with Crippen molar-refractivity contribution in [2.75, 3.05) is 7.11 Å². The number of imidazole rings is 1. The van der Waals surface area contributed by atoms with Gasteiger partial charge in [-0.1, -0.05) is 34.1 Å². The highest BCUT2D eigenvalue weighted by Gasteiger charge is 2.12. The van der Waals surface area contributed by atoms with Gasteiger partial charge in [-0.25, -0.2) is 4.98 Å². The highest BCUT2D eigenvalue weighted by atomic mass is 79.9. The van der Waals surface area contributed by atoms with Gasteiger partial charge in [-0.3, -0.25) is 4.79 Å². The standard InChI is InChI=1S/C26H25BrN2O5/c1-29-23-13-20(32-2)10-11-22(23)28-25(29)16-33-21-9-5-18(6-12-26(30)31)24(14-21)34-15-17-3-7-19(27)8-4-17/h3-5,7-11,13-14H,6,12,15-16H2,1-2H3,(H,30,31). The minimum atomic E-state index is -0.849. The number of carboxylic acids is 1. The summed E-state index contributed by atoms with van der Waals surface area (Å²) in [5.41, 5.74) is 3.65. The maximum Gasteiger partial charge on any atom is 0.303 e. The van der Waals surface area contributed by atoms with Gasteiger partial charge >= 0.3 is 5.97 Å². The van der Waals surface area contributed by atoms with Crippen molar-refractivity contribution in [2.24, 2.45) is 7.05 Å². The number of carboxylic acid groups (broad SMARTS) is 1. The highest BCUT2D eigenvalue weighted by molar-refractivity contribution is 9.10. The number of methoxy groups -OCH3 is 1. The summed E-state index contributed by atoms with van der Waals surface area (Å²) in [5, 5.41) is 9.10. The maximum atomic E-state index is 11.1. The Bertz CT molecular complexity index is 1300. The smallest absolute Gasteiger partial charge is 0.303 e. The van der Waals surface area contributed by atoms with Crippen molar-refractivity contribution in [2.45, 2.75) is 26.1 Å². The molecule has 7 nitrogen and oxygen atoms in total. The molecule has 0 fully saturated rings. The maximum absolute atomic E-state index is 11.1. The number of aromatic nitrogens is 2. The largest absolute Gasteiger partial charge is 0.497 e. The number of aliphatic carboxylic acids is 1. The quantitative estimate of drug-likeness (QED) is 0.294. The number of ether oxygens (including phenoxy) is 3. The molecule has 0 aliphatic rings. The van der Waals surface area contributed by atoms with Crippen molar-refractivity contribution >= 4 is 32.9 Å². The van der Waals surface area contributed by atoms with Crippen molar-refractivity contribution < 1.29 is 24.1 Å². The fourth-order valence-electron chi connectivity index (χ4n) is 3.57. The molecule has 0 bridgehead atoms. The Hall–Kier alpha value is -3.52. The Labute approximate surface area is 206 Å². The van der Waals surface area contributed by atoms with Gasteiger partial charge in [0.2, 0.25) is 0 Å². The number of fused-ring (bicyclic) bond motifs is 1. The zero-order chi connectivity index (χ0) is 24.1. The van der Waals surface area contributed by atoms with Crippen LogP contribution in [0.1, 0.15) is 23.4 Å². The van der Waals surface area contributed by atoms with E-state index in [0.717, 1.165) is 38.2 Å². The molecular weight excluding hydrogens is 500 g/mol. The number of carbonyl (C=O) groups is 1. The summed E-state index contributed by atoms with van der Waals surface area (Å²) >= 11 is 3.43. The van der Waals surface area contributed by atoms with Crippen molar-refractivity contribution in [3.8, 4) is 17.2 Å². The molecule has 3 aromatic carbocycles. The number of halogens is 1. The second kappa shape index (κ2) is 10.6. The van der Waals surface area contributed by atoms with E-state index in [-0.39, 0.29) is 13.0 Å². The summed E-state index contributed by atoms with van der Waals surface area (Å²) in [6, 6.07) is 19.1. The minimum Gasteiger partial charge on any atom is -0.497 e. The molecule has 0 unspecified atom stereocenters. The fraction of sp³-hybridized carbons (Fsp3) is 0.231. The van der Waals surface area contributed by atoms with Gasteiger partial charge in [0.25, 0.3) is 0 Å². The molecule has 4 aromatic rings. The third-order valence-corrected chi connectivity index (χ3v) is 6.03. The number of rotatable bonds is 10. The molecule has 34 heavy (non-hydrogen) atoms. The van der Waals surface area contributed by atoms with Crippen LogP contribution >= 0.6 is 15.9 Å². The van der Waals surface area contributed by atoms with Crippen LogP contribution in [0.15, 0.2) is 65.1 Å².